The molecule has 0 atom stereocenters. The van der Waals surface area contributed by atoms with Gasteiger partial charge in [-0.1, -0.05) is 12.1 Å². The van der Waals surface area contributed by atoms with Crippen LogP contribution in [0.15, 0.2) is 24.3 Å². The number of nitrogens with zero attached hydrogens (tertiary/aromatic N) is 1. The summed E-state index contributed by atoms with van der Waals surface area (Å²) >= 11 is 5.78. The average Bonchev–Trinajstić information content (AvgIpc) is 2.45. The smallest absolute Gasteiger partial charge is 0.161 e. The van der Waals surface area contributed by atoms with Crippen molar-refractivity contribution in [3.05, 3.63) is 24.3 Å². The van der Waals surface area contributed by atoms with Crippen molar-refractivity contribution in [2.24, 2.45) is 0 Å². The van der Waals surface area contributed by atoms with Crippen LogP contribution in [0, 0.1) is 0 Å². The molecule has 0 unspecified atom stereocenters. The molecule has 0 radical (unpaired) electrons. The van der Waals surface area contributed by atoms with Gasteiger partial charge in [0.1, 0.15) is 6.61 Å². The Morgan fingerprint density at radius 1 is 1.00 bits per heavy atom. The Labute approximate surface area is 120 Å². The lowest BCUT2D eigenvalue weighted by Gasteiger charge is -2.21. The molecule has 108 valence electrons. The summed E-state index contributed by atoms with van der Waals surface area (Å²) in [4.78, 5) is 2.21. The quantitative estimate of drug-likeness (QED) is 0.618. The Balaban J connectivity index is 2.38. The summed E-state index contributed by atoms with van der Waals surface area (Å²) in [6.45, 7) is 3.80. The van der Waals surface area contributed by atoms with Gasteiger partial charge < -0.3 is 14.2 Å². The predicted molar refractivity (Wildman–Crippen MR) is 77.5 cm³/mol. The minimum Gasteiger partial charge on any atom is -0.493 e. The molecule has 0 saturated carbocycles. The maximum Gasteiger partial charge on any atom is 0.161 e. The highest BCUT2D eigenvalue weighted by atomic mass is 35.5. The molecule has 0 spiro atoms. The van der Waals surface area contributed by atoms with Crippen LogP contribution in [0.2, 0.25) is 0 Å². The molecule has 19 heavy (non-hydrogen) atoms. The molecule has 0 N–H and O–H groups in total. The normalized spacial score (nSPS) is 10.7. The highest BCUT2D eigenvalue weighted by Crippen LogP contribution is 2.25. The van der Waals surface area contributed by atoms with E-state index in [2.05, 4.69) is 4.90 Å². The first kappa shape index (κ1) is 16.1. The van der Waals surface area contributed by atoms with Gasteiger partial charge >= 0.3 is 0 Å². The monoisotopic (exact) mass is 287 g/mol. The van der Waals surface area contributed by atoms with E-state index in [1.54, 1.807) is 14.2 Å². The van der Waals surface area contributed by atoms with E-state index in [1.807, 2.05) is 24.3 Å². The second-order valence-electron chi connectivity index (χ2n) is 4.02. The van der Waals surface area contributed by atoms with Crippen molar-refractivity contribution < 1.29 is 14.2 Å². The van der Waals surface area contributed by atoms with Crippen LogP contribution in [-0.2, 0) is 4.74 Å². The minimum atomic E-state index is 0.598. The van der Waals surface area contributed by atoms with Crippen LogP contribution in [0.4, 0.5) is 0 Å². The fourth-order valence-electron chi connectivity index (χ4n) is 1.70. The number of halogens is 1. The van der Waals surface area contributed by atoms with Gasteiger partial charge in [-0.15, -0.1) is 11.6 Å². The van der Waals surface area contributed by atoms with E-state index in [9.17, 15) is 0 Å². The van der Waals surface area contributed by atoms with Gasteiger partial charge in [-0.2, -0.15) is 0 Å². The lowest BCUT2D eigenvalue weighted by molar-refractivity contribution is 0.138. The van der Waals surface area contributed by atoms with Gasteiger partial charge in [-0.25, -0.2) is 0 Å². The molecule has 0 amide bonds. The molecule has 5 heteroatoms. The zero-order chi connectivity index (χ0) is 13.9. The van der Waals surface area contributed by atoms with Crippen LogP contribution >= 0.6 is 11.6 Å². The van der Waals surface area contributed by atoms with Gasteiger partial charge in [0.2, 0.25) is 0 Å². The van der Waals surface area contributed by atoms with E-state index >= 15 is 0 Å². The first-order valence-electron chi connectivity index (χ1n) is 6.35. The summed E-state index contributed by atoms with van der Waals surface area (Å²) < 4.78 is 16.0. The lowest BCUT2D eigenvalue weighted by Crippen LogP contribution is -2.33. The van der Waals surface area contributed by atoms with Crippen LogP contribution in [0.1, 0.15) is 0 Å². The summed E-state index contributed by atoms with van der Waals surface area (Å²) in [6.07, 6.45) is 0. The van der Waals surface area contributed by atoms with Crippen LogP contribution in [0.5, 0.6) is 11.5 Å². The van der Waals surface area contributed by atoms with E-state index in [4.69, 9.17) is 25.8 Å². The van der Waals surface area contributed by atoms with Gasteiger partial charge in [-0.3, -0.25) is 4.90 Å². The molecule has 0 bridgehead atoms. The molecule has 0 aliphatic rings. The van der Waals surface area contributed by atoms with Gasteiger partial charge in [0.05, 0.1) is 13.7 Å². The van der Waals surface area contributed by atoms with Crippen molar-refractivity contribution in [3.63, 3.8) is 0 Å². The molecule has 1 rings (SSSR count). The summed E-state index contributed by atoms with van der Waals surface area (Å²) in [7, 11) is 3.34. The topological polar surface area (TPSA) is 30.9 Å². The SMILES string of the molecule is COCCN(CCCl)CCOc1ccccc1OC. The number of rotatable bonds is 10. The van der Waals surface area contributed by atoms with E-state index in [0.29, 0.717) is 19.1 Å². The number of methoxy groups -OCH3 is 2. The molecule has 0 saturated heterocycles. The van der Waals surface area contributed by atoms with Crippen LogP contribution in [0.3, 0.4) is 0 Å². The molecule has 0 fully saturated rings. The Bertz CT molecular complexity index is 349. The Morgan fingerprint density at radius 3 is 2.32 bits per heavy atom. The van der Waals surface area contributed by atoms with Crippen molar-refractivity contribution in [3.8, 4) is 11.5 Å². The summed E-state index contributed by atoms with van der Waals surface area (Å²) in [5.74, 6) is 2.13. The van der Waals surface area contributed by atoms with Crippen molar-refractivity contribution in [1.29, 1.82) is 0 Å². The number of hydrogen-bond acceptors (Lipinski definition) is 4. The van der Waals surface area contributed by atoms with E-state index in [1.165, 1.54) is 0 Å². The number of ether oxygens (including phenoxy) is 3. The third-order valence-corrected chi connectivity index (χ3v) is 2.92. The number of para-hydroxylation sites is 2. The third kappa shape index (κ3) is 6.14. The molecule has 0 aromatic heterocycles. The van der Waals surface area contributed by atoms with E-state index in [0.717, 1.165) is 31.1 Å². The van der Waals surface area contributed by atoms with Crippen molar-refractivity contribution in [1.82, 2.24) is 4.90 Å². The first-order valence-corrected chi connectivity index (χ1v) is 6.88. The highest BCUT2D eigenvalue weighted by Gasteiger charge is 2.06. The summed E-state index contributed by atoms with van der Waals surface area (Å²) in [5, 5.41) is 0. The second kappa shape index (κ2) is 9.89. The summed E-state index contributed by atoms with van der Waals surface area (Å²) in [5.41, 5.74) is 0. The van der Waals surface area contributed by atoms with Crippen molar-refractivity contribution >= 4 is 11.6 Å². The minimum absolute atomic E-state index is 0.598. The largest absolute Gasteiger partial charge is 0.493 e. The molecule has 1 aromatic rings. The molecule has 1 aromatic carbocycles. The Hall–Kier alpha value is -0.970. The second-order valence-corrected chi connectivity index (χ2v) is 4.40. The Kier molecular flexibility index (Phi) is 8.38. The number of benzene rings is 1. The fourth-order valence-corrected chi connectivity index (χ4v) is 1.94. The van der Waals surface area contributed by atoms with Crippen LogP contribution < -0.4 is 9.47 Å². The fraction of sp³-hybridized carbons (Fsp3) is 0.571. The van der Waals surface area contributed by atoms with Crippen molar-refractivity contribution in [2.75, 3.05) is 52.9 Å². The van der Waals surface area contributed by atoms with Crippen LogP contribution in [-0.4, -0.2) is 57.8 Å². The first-order chi connectivity index (χ1) is 9.31. The molecule has 4 nitrogen and oxygen atoms in total. The Morgan fingerprint density at radius 2 is 1.68 bits per heavy atom. The summed E-state index contributed by atoms with van der Waals surface area (Å²) in [6, 6.07) is 7.64. The maximum atomic E-state index is 5.78. The lowest BCUT2D eigenvalue weighted by atomic mass is 10.3. The average molecular weight is 288 g/mol. The number of hydrogen-bond donors (Lipinski definition) is 0. The van der Waals surface area contributed by atoms with Crippen molar-refractivity contribution in [2.45, 2.75) is 0 Å². The number of alkyl halides is 1. The standard InChI is InChI=1S/C14H22ClNO3/c1-17-11-9-16(8-7-15)10-12-19-14-6-4-3-5-13(14)18-2/h3-6H,7-12H2,1-2H3. The van der Waals surface area contributed by atoms with Gasteiger partial charge in [0.15, 0.2) is 11.5 Å². The van der Waals surface area contributed by atoms with E-state index < -0.39 is 0 Å². The molecular weight excluding hydrogens is 266 g/mol. The van der Waals surface area contributed by atoms with Crippen LogP contribution in [0.25, 0.3) is 0 Å². The highest BCUT2D eigenvalue weighted by molar-refractivity contribution is 6.18. The molecule has 0 heterocycles. The van der Waals surface area contributed by atoms with E-state index in [-0.39, 0.29) is 0 Å². The molecule has 0 aliphatic carbocycles. The van der Waals surface area contributed by atoms with Gasteiger partial charge in [0, 0.05) is 32.6 Å². The van der Waals surface area contributed by atoms with Gasteiger partial charge in [0.25, 0.3) is 0 Å². The third-order valence-electron chi connectivity index (χ3n) is 2.75. The zero-order valence-corrected chi connectivity index (χ0v) is 12.4. The zero-order valence-electron chi connectivity index (χ0n) is 11.6. The molecular formula is C14H22ClNO3. The maximum absolute atomic E-state index is 5.78. The predicted octanol–water partition coefficient (Wildman–Crippen LogP) is 2.26. The van der Waals surface area contributed by atoms with Gasteiger partial charge in [-0.05, 0) is 12.1 Å². The molecule has 0 aliphatic heterocycles.